The van der Waals surface area contributed by atoms with Crippen molar-refractivity contribution in [2.75, 3.05) is 13.6 Å². The number of benzene rings is 1. The van der Waals surface area contributed by atoms with Crippen molar-refractivity contribution in [3.8, 4) is 6.07 Å². The maximum absolute atomic E-state index is 12.2. The van der Waals surface area contributed by atoms with Crippen molar-refractivity contribution in [1.29, 1.82) is 5.26 Å². The predicted molar refractivity (Wildman–Crippen MR) is 70.6 cm³/mol. The molecule has 90 valence electrons. The molecule has 0 spiro atoms. The van der Waals surface area contributed by atoms with Crippen LogP contribution in [0.2, 0.25) is 0 Å². The summed E-state index contributed by atoms with van der Waals surface area (Å²) in [6.45, 7) is 4.15. The quantitative estimate of drug-likeness (QED) is 0.860. The molecule has 0 aliphatic heterocycles. The first-order valence-electron chi connectivity index (χ1n) is 5.37. The summed E-state index contributed by atoms with van der Waals surface area (Å²) < 4.78 is 0.921. The van der Waals surface area contributed by atoms with Gasteiger partial charge in [0.1, 0.15) is 0 Å². The van der Waals surface area contributed by atoms with Crippen molar-refractivity contribution in [2.24, 2.45) is 5.92 Å². The minimum Gasteiger partial charge on any atom is -0.340 e. The molecule has 0 N–H and O–H groups in total. The normalized spacial score (nSPS) is 11.7. The Balaban J connectivity index is 2.90. The van der Waals surface area contributed by atoms with Gasteiger partial charge in [-0.25, -0.2) is 0 Å². The number of carbonyl (C=O) groups is 1. The molecule has 1 aromatic rings. The smallest absolute Gasteiger partial charge is 0.253 e. The van der Waals surface area contributed by atoms with Gasteiger partial charge in [0.25, 0.3) is 5.91 Å². The Hall–Kier alpha value is -1.34. The molecule has 0 aromatic heterocycles. The Kier molecular flexibility index (Phi) is 4.71. The van der Waals surface area contributed by atoms with E-state index in [-0.39, 0.29) is 11.8 Å². The van der Waals surface area contributed by atoms with Crippen molar-refractivity contribution >= 4 is 21.8 Å². The Morgan fingerprint density at radius 1 is 1.59 bits per heavy atom. The number of rotatable bonds is 3. The monoisotopic (exact) mass is 294 g/mol. The number of amides is 1. The summed E-state index contributed by atoms with van der Waals surface area (Å²) in [4.78, 5) is 13.8. The maximum Gasteiger partial charge on any atom is 0.253 e. The highest BCUT2D eigenvalue weighted by Crippen LogP contribution is 2.20. The summed E-state index contributed by atoms with van der Waals surface area (Å²) in [7, 11) is 1.72. The minimum atomic E-state index is -0.156. The third-order valence-corrected chi connectivity index (χ3v) is 3.47. The summed E-state index contributed by atoms with van der Waals surface area (Å²) in [5, 5.41) is 8.74. The first-order chi connectivity index (χ1) is 7.97. The van der Waals surface area contributed by atoms with Gasteiger partial charge < -0.3 is 4.90 Å². The molecule has 0 fully saturated rings. The average molecular weight is 295 g/mol. The average Bonchev–Trinajstić information content (AvgIpc) is 2.31. The lowest BCUT2D eigenvalue weighted by Crippen LogP contribution is -2.31. The van der Waals surface area contributed by atoms with Crippen molar-refractivity contribution in [2.45, 2.75) is 13.8 Å². The van der Waals surface area contributed by atoms with Crippen molar-refractivity contribution in [1.82, 2.24) is 4.90 Å². The van der Waals surface area contributed by atoms with Gasteiger partial charge in [-0.15, -0.1) is 0 Å². The van der Waals surface area contributed by atoms with Crippen LogP contribution < -0.4 is 0 Å². The second-order valence-electron chi connectivity index (χ2n) is 4.13. The summed E-state index contributed by atoms with van der Waals surface area (Å²) in [5.74, 6) is -0.206. The van der Waals surface area contributed by atoms with E-state index in [1.165, 1.54) is 0 Å². The summed E-state index contributed by atoms with van der Waals surface area (Å²) in [6.07, 6.45) is 0. The predicted octanol–water partition coefficient (Wildman–Crippen LogP) is 2.99. The third-order valence-electron chi connectivity index (χ3n) is 2.61. The molecule has 4 heteroatoms. The molecule has 0 aliphatic carbocycles. The van der Waals surface area contributed by atoms with Crippen LogP contribution in [0.25, 0.3) is 0 Å². The van der Waals surface area contributed by atoms with E-state index < -0.39 is 0 Å². The van der Waals surface area contributed by atoms with E-state index in [2.05, 4.69) is 22.0 Å². The van der Waals surface area contributed by atoms with Gasteiger partial charge in [0, 0.05) is 23.6 Å². The molecule has 0 saturated heterocycles. The van der Waals surface area contributed by atoms with Crippen LogP contribution in [0.3, 0.4) is 0 Å². The van der Waals surface area contributed by atoms with E-state index in [1.54, 1.807) is 24.9 Å². The van der Waals surface area contributed by atoms with E-state index in [4.69, 9.17) is 5.26 Å². The van der Waals surface area contributed by atoms with Gasteiger partial charge in [-0.2, -0.15) is 5.26 Å². The summed E-state index contributed by atoms with van der Waals surface area (Å²) >= 11 is 3.40. The molecular weight excluding hydrogens is 280 g/mol. The fourth-order valence-corrected chi connectivity index (χ4v) is 1.95. The summed E-state index contributed by atoms with van der Waals surface area (Å²) in [6, 6.07) is 7.67. The van der Waals surface area contributed by atoms with Crippen molar-refractivity contribution in [3.63, 3.8) is 0 Å². The van der Waals surface area contributed by atoms with Gasteiger partial charge in [0.2, 0.25) is 0 Å². The lowest BCUT2D eigenvalue weighted by Gasteiger charge is -2.19. The highest BCUT2D eigenvalue weighted by atomic mass is 79.9. The van der Waals surface area contributed by atoms with Crippen LogP contribution in [0.1, 0.15) is 22.8 Å². The number of halogens is 1. The van der Waals surface area contributed by atoms with E-state index in [1.807, 2.05) is 19.1 Å². The van der Waals surface area contributed by atoms with Crippen LogP contribution in [0, 0.1) is 24.2 Å². The Bertz CT molecular complexity index is 465. The zero-order valence-electron chi connectivity index (χ0n) is 10.2. The SMILES string of the molecule is Cc1c(Br)cccc1C(=O)N(C)CC(C)C#N. The van der Waals surface area contributed by atoms with E-state index in [0.717, 1.165) is 10.0 Å². The molecule has 3 nitrogen and oxygen atoms in total. The van der Waals surface area contributed by atoms with Crippen LogP contribution in [-0.2, 0) is 0 Å². The molecule has 17 heavy (non-hydrogen) atoms. The number of nitriles is 1. The molecule has 0 heterocycles. The van der Waals surface area contributed by atoms with Gasteiger partial charge >= 0.3 is 0 Å². The second-order valence-corrected chi connectivity index (χ2v) is 4.98. The molecule has 0 bridgehead atoms. The lowest BCUT2D eigenvalue weighted by molar-refractivity contribution is 0.0784. The zero-order chi connectivity index (χ0) is 13.0. The fraction of sp³-hybridized carbons (Fsp3) is 0.385. The Labute approximate surface area is 110 Å². The number of nitrogens with zero attached hydrogens (tertiary/aromatic N) is 2. The van der Waals surface area contributed by atoms with Crippen LogP contribution in [0.4, 0.5) is 0 Å². The Morgan fingerprint density at radius 2 is 2.24 bits per heavy atom. The van der Waals surface area contributed by atoms with Crippen molar-refractivity contribution < 1.29 is 4.79 Å². The van der Waals surface area contributed by atoms with E-state index in [0.29, 0.717) is 12.1 Å². The molecule has 1 aromatic carbocycles. The largest absolute Gasteiger partial charge is 0.340 e. The number of carbonyl (C=O) groups excluding carboxylic acids is 1. The molecular formula is C13H15BrN2O. The number of hydrogen-bond acceptors (Lipinski definition) is 2. The summed E-state index contributed by atoms with van der Waals surface area (Å²) in [5.41, 5.74) is 1.60. The van der Waals surface area contributed by atoms with Gasteiger partial charge in [0.15, 0.2) is 0 Å². The fourth-order valence-electron chi connectivity index (χ4n) is 1.58. The first kappa shape index (κ1) is 13.7. The van der Waals surface area contributed by atoms with Gasteiger partial charge in [-0.05, 0) is 31.5 Å². The molecule has 1 amide bonds. The second kappa shape index (κ2) is 5.83. The van der Waals surface area contributed by atoms with Crippen LogP contribution >= 0.6 is 15.9 Å². The lowest BCUT2D eigenvalue weighted by atomic mass is 10.1. The topological polar surface area (TPSA) is 44.1 Å². The van der Waals surface area contributed by atoms with Gasteiger partial charge in [-0.1, -0.05) is 22.0 Å². The highest BCUT2D eigenvalue weighted by Gasteiger charge is 2.16. The Morgan fingerprint density at radius 3 is 2.82 bits per heavy atom. The minimum absolute atomic E-state index is 0.0501. The zero-order valence-corrected chi connectivity index (χ0v) is 11.8. The van der Waals surface area contributed by atoms with Crippen LogP contribution in [-0.4, -0.2) is 24.4 Å². The molecule has 0 aliphatic rings. The van der Waals surface area contributed by atoms with Crippen molar-refractivity contribution in [3.05, 3.63) is 33.8 Å². The molecule has 0 saturated carbocycles. The maximum atomic E-state index is 12.2. The molecule has 0 radical (unpaired) electrons. The van der Waals surface area contributed by atoms with E-state index in [9.17, 15) is 4.79 Å². The third kappa shape index (κ3) is 3.31. The molecule has 1 atom stereocenters. The van der Waals surface area contributed by atoms with Gasteiger partial charge in [0.05, 0.1) is 12.0 Å². The van der Waals surface area contributed by atoms with Crippen LogP contribution in [0.5, 0.6) is 0 Å². The van der Waals surface area contributed by atoms with Gasteiger partial charge in [-0.3, -0.25) is 4.79 Å². The first-order valence-corrected chi connectivity index (χ1v) is 6.17. The number of hydrogen-bond donors (Lipinski definition) is 0. The van der Waals surface area contributed by atoms with Crippen LogP contribution in [0.15, 0.2) is 22.7 Å². The van der Waals surface area contributed by atoms with E-state index >= 15 is 0 Å². The standard InChI is InChI=1S/C13H15BrN2O/c1-9(7-15)8-16(3)13(17)11-5-4-6-12(14)10(11)2/h4-6,9H,8H2,1-3H3. The molecule has 1 unspecified atom stereocenters. The molecule has 1 rings (SSSR count). The highest BCUT2D eigenvalue weighted by molar-refractivity contribution is 9.10.